The molecule has 116 valence electrons. The Morgan fingerprint density at radius 3 is 2.50 bits per heavy atom. The molecule has 0 saturated heterocycles. The fraction of sp³-hybridized carbons (Fsp3) is 0.867. The maximum atomic E-state index is 12.1. The molecule has 20 heavy (non-hydrogen) atoms. The first-order valence-corrected chi connectivity index (χ1v) is 7.78. The molecular weight excluding hydrogens is 256 g/mol. The Hall–Kier alpha value is -1.26. The minimum Gasteiger partial charge on any atom is -0.481 e. The molecule has 0 heterocycles. The normalized spacial score (nSPS) is 17.5. The van der Waals surface area contributed by atoms with Gasteiger partial charge >= 0.3 is 12.0 Å². The second-order valence-electron chi connectivity index (χ2n) is 5.78. The molecule has 0 bridgehead atoms. The monoisotopic (exact) mass is 284 g/mol. The van der Waals surface area contributed by atoms with Crippen LogP contribution in [-0.4, -0.2) is 41.6 Å². The minimum atomic E-state index is -0.813. The van der Waals surface area contributed by atoms with E-state index in [1.54, 1.807) is 11.9 Å². The molecule has 1 unspecified atom stereocenters. The number of carbonyl (C=O) groups is 2. The predicted octanol–water partition coefficient (Wildman–Crippen LogP) is 2.85. The lowest BCUT2D eigenvalue weighted by Gasteiger charge is -2.31. The van der Waals surface area contributed by atoms with Crippen molar-refractivity contribution >= 4 is 12.0 Å². The zero-order chi connectivity index (χ0) is 15.0. The van der Waals surface area contributed by atoms with Crippen LogP contribution in [0.4, 0.5) is 4.79 Å². The summed E-state index contributed by atoms with van der Waals surface area (Å²) in [5.41, 5.74) is 0. The molecule has 1 rings (SSSR count). The van der Waals surface area contributed by atoms with Crippen molar-refractivity contribution in [3.05, 3.63) is 0 Å². The van der Waals surface area contributed by atoms with Crippen LogP contribution in [0.25, 0.3) is 0 Å². The predicted molar refractivity (Wildman–Crippen MR) is 78.7 cm³/mol. The number of aliphatic carboxylic acids is 1. The van der Waals surface area contributed by atoms with Crippen molar-refractivity contribution in [2.45, 2.75) is 64.3 Å². The number of nitrogens with zero attached hydrogens (tertiary/aromatic N) is 1. The molecule has 0 spiro atoms. The number of carboxylic acid groups (broad SMARTS) is 1. The molecule has 0 aromatic heterocycles. The lowest BCUT2D eigenvalue weighted by atomic mass is 9.83. The zero-order valence-corrected chi connectivity index (χ0v) is 12.7. The Labute approximate surface area is 121 Å². The molecular formula is C15H28N2O3. The van der Waals surface area contributed by atoms with Crippen LogP contribution in [0.15, 0.2) is 0 Å². The largest absolute Gasteiger partial charge is 0.481 e. The molecule has 1 aliphatic carbocycles. The van der Waals surface area contributed by atoms with Crippen LogP contribution in [0.1, 0.15) is 58.3 Å². The van der Waals surface area contributed by atoms with Gasteiger partial charge in [0, 0.05) is 26.1 Å². The van der Waals surface area contributed by atoms with Gasteiger partial charge in [-0.1, -0.05) is 26.2 Å². The highest BCUT2D eigenvalue weighted by Crippen LogP contribution is 2.27. The Morgan fingerprint density at radius 2 is 1.95 bits per heavy atom. The summed E-state index contributed by atoms with van der Waals surface area (Å²) < 4.78 is 0. The Bertz CT molecular complexity index is 314. The quantitative estimate of drug-likeness (QED) is 0.755. The molecule has 0 radical (unpaired) electrons. The summed E-state index contributed by atoms with van der Waals surface area (Å²) in [5.74, 6) is -0.211. The van der Waals surface area contributed by atoms with Gasteiger partial charge in [0.1, 0.15) is 0 Å². The molecule has 1 atom stereocenters. The van der Waals surface area contributed by atoms with E-state index in [0.717, 1.165) is 6.42 Å². The molecule has 2 amide bonds. The molecule has 5 heteroatoms. The molecule has 2 N–H and O–H groups in total. The summed E-state index contributed by atoms with van der Waals surface area (Å²) in [7, 11) is 1.73. The molecule has 1 saturated carbocycles. The standard InChI is InChI=1S/C15H28N2O3/c1-3-13(12-8-5-4-6-9-12)16-15(20)17(2)11-7-10-14(18)19/h12-13H,3-11H2,1-2H3,(H,16,20)(H,18,19). The number of rotatable bonds is 7. The highest BCUT2D eigenvalue weighted by Gasteiger charge is 2.24. The molecule has 5 nitrogen and oxygen atoms in total. The van der Waals surface area contributed by atoms with Crippen molar-refractivity contribution in [3.63, 3.8) is 0 Å². The number of hydrogen-bond donors (Lipinski definition) is 2. The van der Waals surface area contributed by atoms with E-state index in [1.807, 2.05) is 0 Å². The first-order chi connectivity index (χ1) is 9.54. The average molecular weight is 284 g/mol. The lowest BCUT2D eigenvalue weighted by Crippen LogP contribution is -2.46. The van der Waals surface area contributed by atoms with Crippen molar-refractivity contribution in [2.75, 3.05) is 13.6 Å². The van der Waals surface area contributed by atoms with Crippen LogP contribution < -0.4 is 5.32 Å². The molecule has 1 aliphatic rings. The third kappa shape index (κ3) is 5.80. The first kappa shape index (κ1) is 16.8. The van der Waals surface area contributed by atoms with E-state index in [4.69, 9.17) is 5.11 Å². The highest BCUT2D eigenvalue weighted by atomic mass is 16.4. The van der Waals surface area contributed by atoms with Crippen molar-refractivity contribution in [2.24, 2.45) is 5.92 Å². The van der Waals surface area contributed by atoms with Gasteiger partial charge in [-0.2, -0.15) is 0 Å². The highest BCUT2D eigenvalue weighted by molar-refractivity contribution is 5.74. The SMILES string of the molecule is CCC(NC(=O)N(C)CCCC(=O)O)C1CCCCC1. The number of carboxylic acids is 1. The first-order valence-electron chi connectivity index (χ1n) is 7.78. The third-order valence-corrected chi connectivity index (χ3v) is 4.20. The number of amides is 2. The average Bonchev–Trinajstić information content (AvgIpc) is 2.44. The summed E-state index contributed by atoms with van der Waals surface area (Å²) in [6.07, 6.45) is 7.84. The van der Waals surface area contributed by atoms with Crippen LogP contribution in [0.2, 0.25) is 0 Å². The molecule has 0 aromatic rings. The van der Waals surface area contributed by atoms with E-state index in [-0.39, 0.29) is 18.5 Å². The number of hydrogen-bond acceptors (Lipinski definition) is 2. The minimum absolute atomic E-state index is 0.0761. The molecule has 0 aromatic carbocycles. The Kier molecular flexibility index (Phi) is 7.41. The van der Waals surface area contributed by atoms with Crippen molar-refractivity contribution in [1.82, 2.24) is 10.2 Å². The van der Waals surface area contributed by atoms with E-state index in [0.29, 0.717) is 18.9 Å². The summed E-state index contributed by atoms with van der Waals surface area (Å²) in [5, 5.41) is 11.7. The maximum absolute atomic E-state index is 12.1. The maximum Gasteiger partial charge on any atom is 0.317 e. The Balaban J connectivity index is 2.35. The summed E-state index contributed by atoms with van der Waals surface area (Å²) in [4.78, 5) is 24.2. The van der Waals surface area contributed by atoms with E-state index in [1.165, 1.54) is 32.1 Å². The topological polar surface area (TPSA) is 69.6 Å². The van der Waals surface area contributed by atoms with Gasteiger partial charge in [-0.15, -0.1) is 0 Å². The van der Waals surface area contributed by atoms with Crippen LogP contribution in [0, 0.1) is 5.92 Å². The van der Waals surface area contributed by atoms with E-state index in [9.17, 15) is 9.59 Å². The van der Waals surface area contributed by atoms with Gasteiger partial charge in [-0.05, 0) is 31.6 Å². The Morgan fingerprint density at radius 1 is 1.30 bits per heavy atom. The lowest BCUT2D eigenvalue weighted by molar-refractivity contribution is -0.137. The van der Waals surface area contributed by atoms with Crippen LogP contribution >= 0.6 is 0 Å². The van der Waals surface area contributed by atoms with Gasteiger partial charge in [-0.3, -0.25) is 4.79 Å². The second kappa shape index (κ2) is 8.82. The van der Waals surface area contributed by atoms with Gasteiger partial charge in [-0.25, -0.2) is 4.79 Å². The molecule has 1 fully saturated rings. The van der Waals surface area contributed by atoms with Gasteiger partial charge in [0.15, 0.2) is 0 Å². The van der Waals surface area contributed by atoms with Gasteiger partial charge < -0.3 is 15.3 Å². The van der Waals surface area contributed by atoms with Crippen LogP contribution in [0.5, 0.6) is 0 Å². The fourth-order valence-corrected chi connectivity index (χ4v) is 2.93. The summed E-state index contributed by atoms with van der Waals surface area (Å²) >= 11 is 0. The van der Waals surface area contributed by atoms with E-state index < -0.39 is 5.97 Å². The third-order valence-electron chi connectivity index (χ3n) is 4.20. The van der Waals surface area contributed by atoms with Gasteiger partial charge in [0.05, 0.1) is 0 Å². The van der Waals surface area contributed by atoms with Gasteiger partial charge in [0.25, 0.3) is 0 Å². The van der Waals surface area contributed by atoms with E-state index >= 15 is 0 Å². The van der Waals surface area contributed by atoms with E-state index in [2.05, 4.69) is 12.2 Å². The van der Waals surface area contributed by atoms with Crippen molar-refractivity contribution in [3.8, 4) is 0 Å². The smallest absolute Gasteiger partial charge is 0.317 e. The van der Waals surface area contributed by atoms with Crippen LogP contribution in [-0.2, 0) is 4.79 Å². The van der Waals surface area contributed by atoms with Crippen molar-refractivity contribution < 1.29 is 14.7 Å². The number of carbonyl (C=O) groups excluding carboxylic acids is 1. The van der Waals surface area contributed by atoms with Gasteiger partial charge in [0.2, 0.25) is 0 Å². The summed E-state index contributed by atoms with van der Waals surface area (Å²) in [6.45, 7) is 2.60. The fourth-order valence-electron chi connectivity index (χ4n) is 2.93. The second-order valence-corrected chi connectivity index (χ2v) is 5.78. The van der Waals surface area contributed by atoms with Crippen LogP contribution in [0.3, 0.4) is 0 Å². The number of nitrogens with one attached hydrogen (secondary N) is 1. The van der Waals surface area contributed by atoms with Crippen molar-refractivity contribution in [1.29, 1.82) is 0 Å². The number of urea groups is 1. The summed E-state index contributed by atoms with van der Waals surface area (Å²) in [6, 6.07) is 0.178. The zero-order valence-electron chi connectivity index (χ0n) is 12.7. The molecule has 0 aliphatic heterocycles.